The van der Waals surface area contributed by atoms with E-state index in [0.717, 1.165) is 0 Å². The summed E-state index contributed by atoms with van der Waals surface area (Å²) < 4.78 is 15.7. The fourth-order valence-corrected chi connectivity index (χ4v) is 3.18. The molecule has 0 aliphatic carbocycles. The van der Waals surface area contributed by atoms with Crippen LogP contribution in [0.1, 0.15) is 0 Å². The Morgan fingerprint density at radius 3 is 2.04 bits per heavy atom. The molecule has 0 aromatic heterocycles. The van der Waals surface area contributed by atoms with Gasteiger partial charge >= 0.3 is 0 Å². The maximum atomic E-state index is 12.2. The smallest absolute Gasteiger partial charge is 0.262 e. The molecular formula is C16H12Cl5NO4. The summed E-state index contributed by atoms with van der Waals surface area (Å²) in [7, 11) is 2.99. The topological polar surface area (TPSA) is 56.8 Å². The fraction of sp³-hybridized carbons (Fsp3) is 0.188. The van der Waals surface area contributed by atoms with Crippen LogP contribution in [0.2, 0.25) is 25.1 Å². The van der Waals surface area contributed by atoms with E-state index in [1.165, 1.54) is 14.2 Å². The molecule has 0 aliphatic heterocycles. The van der Waals surface area contributed by atoms with Crippen molar-refractivity contribution >= 4 is 69.6 Å². The van der Waals surface area contributed by atoms with E-state index in [4.69, 9.17) is 72.2 Å². The highest BCUT2D eigenvalue weighted by Gasteiger charge is 2.21. The van der Waals surface area contributed by atoms with E-state index in [-0.39, 0.29) is 30.9 Å². The van der Waals surface area contributed by atoms with E-state index >= 15 is 0 Å². The van der Waals surface area contributed by atoms with Gasteiger partial charge in [-0.3, -0.25) is 4.79 Å². The number of halogens is 5. The predicted molar refractivity (Wildman–Crippen MR) is 105 cm³/mol. The molecule has 0 radical (unpaired) electrons. The number of anilines is 1. The Bertz CT molecular complexity index is 815. The Morgan fingerprint density at radius 1 is 0.923 bits per heavy atom. The number of benzene rings is 2. The zero-order chi connectivity index (χ0) is 19.4. The lowest BCUT2D eigenvalue weighted by Crippen LogP contribution is -2.20. The fourth-order valence-electron chi connectivity index (χ4n) is 1.95. The first-order valence-electron chi connectivity index (χ1n) is 6.96. The Hall–Kier alpha value is -1.24. The van der Waals surface area contributed by atoms with E-state index in [2.05, 4.69) is 5.32 Å². The molecular weight excluding hydrogens is 447 g/mol. The number of rotatable bonds is 6. The molecule has 0 fully saturated rings. The summed E-state index contributed by atoms with van der Waals surface area (Å²) in [5.41, 5.74) is 0.407. The molecule has 0 heterocycles. The molecule has 2 aromatic carbocycles. The highest BCUT2D eigenvalue weighted by atomic mass is 35.5. The molecule has 0 spiro atoms. The van der Waals surface area contributed by atoms with Crippen LogP contribution in [-0.2, 0) is 4.79 Å². The summed E-state index contributed by atoms with van der Waals surface area (Å²) in [4.78, 5) is 12.2. The molecule has 140 valence electrons. The van der Waals surface area contributed by atoms with Gasteiger partial charge in [-0.2, -0.15) is 0 Å². The van der Waals surface area contributed by atoms with Gasteiger partial charge in [-0.05, 0) is 12.1 Å². The monoisotopic (exact) mass is 457 g/mol. The number of carbonyl (C=O) groups excluding carboxylic acids is 1. The van der Waals surface area contributed by atoms with Crippen LogP contribution in [0.3, 0.4) is 0 Å². The first kappa shape index (κ1) is 21.1. The van der Waals surface area contributed by atoms with Crippen molar-refractivity contribution in [1.82, 2.24) is 0 Å². The summed E-state index contributed by atoms with van der Waals surface area (Å²) in [5, 5.41) is 2.51. The van der Waals surface area contributed by atoms with Crippen LogP contribution in [0.25, 0.3) is 0 Å². The van der Waals surface area contributed by atoms with E-state index in [9.17, 15) is 4.79 Å². The molecule has 0 unspecified atom stereocenters. The molecule has 2 rings (SSSR count). The van der Waals surface area contributed by atoms with Gasteiger partial charge in [0, 0.05) is 6.07 Å². The third kappa shape index (κ3) is 4.53. The maximum absolute atomic E-state index is 12.2. The minimum Gasteiger partial charge on any atom is -0.497 e. The lowest BCUT2D eigenvalue weighted by molar-refractivity contribution is -0.118. The predicted octanol–water partition coefficient (Wildman–Crippen LogP) is 5.99. The molecule has 5 nitrogen and oxygen atoms in total. The van der Waals surface area contributed by atoms with Gasteiger partial charge in [0.15, 0.2) is 12.4 Å². The van der Waals surface area contributed by atoms with Crippen molar-refractivity contribution in [3.05, 3.63) is 43.3 Å². The van der Waals surface area contributed by atoms with Gasteiger partial charge in [-0.1, -0.05) is 58.0 Å². The zero-order valence-electron chi connectivity index (χ0n) is 13.5. The van der Waals surface area contributed by atoms with Crippen LogP contribution in [0, 0.1) is 0 Å². The molecule has 26 heavy (non-hydrogen) atoms. The second kappa shape index (κ2) is 9.11. The molecule has 0 aliphatic rings. The van der Waals surface area contributed by atoms with Gasteiger partial charge in [-0.15, -0.1) is 0 Å². The van der Waals surface area contributed by atoms with Crippen molar-refractivity contribution in [3.8, 4) is 17.2 Å². The van der Waals surface area contributed by atoms with Gasteiger partial charge in [0.1, 0.15) is 21.5 Å². The molecule has 1 N–H and O–H groups in total. The van der Waals surface area contributed by atoms with E-state index < -0.39 is 12.5 Å². The molecule has 0 saturated carbocycles. The van der Waals surface area contributed by atoms with Crippen LogP contribution in [0.5, 0.6) is 17.2 Å². The summed E-state index contributed by atoms with van der Waals surface area (Å²) in [6.07, 6.45) is 0. The Balaban J connectivity index is 2.16. The number of hydrogen-bond acceptors (Lipinski definition) is 4. The first-order chi connectivity index (χ1) is 12.3. The Kier molecular flexibility index (Phi) is 7.38. The molecule has 1 amide bonds. The van der Waals surface area contributed by atoms with Gasteiger partial charge in [0.2, 0.25) is 0 Å². The van der Waals surface area contributed by atoms with Crippen molar-refractivity contribution in [1.29, 1.82) is 0 Å². The van der Waals surface area contributed by atoms with Crippen LogP contribution < -0.4 is 19.5 Å². The normalized spacial score (nSPS) is 10.4. The third-order valence-corrected chi connectivity index (χ3v) is 5.44. The lowest BCUT2D eigenvalue weighted by atomic mass is 10.2. The SMILES string of the molecule is COc1ccc(OC)c(NC(=O)COc2c(Cl)c(Cl)c(Cl)c(Cl)c2Cl)c1. The van der Waals surface area contributed by atoms with Crippen LogP contribution in [-0.4, -0.2) is 26.7 Å². The second-order valence-electron chi connectivity index (χ2n) is 4.80. The van der Waals surface area contributed by atoms with Crippen LogP contribution in [0.15, 0.2) is 18.2 Å². The number of carbonyl (C=O) groups is 1. The van der Waals surface area contributed by atoms with Gasteiger partial charge in [0.05, 0.1) is 35.0 Å². The van der Waals surface area contributed by atoms with Crippen molar-refractivity contribution in [2.75, 3.05) is 26.1 Å². The van der Waals surface area contributed by atoms with Crippen LogP contribution >= 0.6 is 58.0 Å². The molecule has 0 bridgehead atoms. The number of methoxy groups -OCH3 is 2. The summed E-state index contributed by atoms with van der Waals surface area (Å²) in [6.45, 7) is -0.409. The van der Waals surface area contributed by atoms with Gasteiger partial charge in [-0.25, -0.2) is 0 Å². The van der Waals surface area contributed by atoms with Crippen molar-refractivity contribution in [3.63, 3.8) is 0 Å². The maximum Gasteiger partial charge on any atom is 0.262 e. The quantitative estimate of drug-likeness (QED) is 0.426. The average Bonchev–Trinajstić information content (AvgIpc) is 2.64. The summed E-state index contributed by atoms with van der Waals surface area (Å²) in [6, 6.07) is 4.96. The molecule has 2 aromatic rings. The highest BCUT2D eigenvalue weighted by Crippen LogP contribution is 2.48. The van der Waals surface area contributed by atoms with E-state index in [0.29, 0.717) is 17.2 Å². The minimum absolute atomic E-state index is 0.00116. The molecule has 10 heteroatoms. The Morgan fingerprint density at radius 2 is 1.50 bits per heavy atom. The van der Waals surface area contributed by atoms with Gasteiger partial charge in [0.25, 0.3) is 5.91 Å². The number of hydrogen-bond donors (Lipinski definition) is 1. The largest absolute Gasteiger partial charge is 0.497 e. The van der Waals surface area contributed by atoms with Crippen molar-refractivity contribution in [2.45, 2.75) is 0 Å². The average molecular weight is 460 g/mol. The molecule has 0 atom stereocenters. The number of amides is 1. The highest BCUT2D eigenvalue weighted by molar-refractivity contribution is 6.55. The standard InChI is InChI=1S/C16H12Cl5NO4/c1-24-7-3-4-9(25-2)8(5-7)22-10(23)6-26-16-14(20)12(18)11(17)13(19)15(16)21/h3-5H,6H2,1-2H3,(H,22,23). The van der Waals surface area contributed by atoms with Gasteiger partial charge < -0.3 is 19.5 Å². The van der Waals surface area contributed by atoms with Crippen molar-refractivity contribution < 1.29 is 19.0 Å². The van der Waals surface area contributed by atoms with Crippen molar-refractivity contribution in [2.24, 2.45) is 0 Å². The summed E-state index contributed by atoms with van der Waals surface area (Å²) >= 11 is 29.9. The number of ether oxygens (including phenoxy) is 3. The van der Waals surface area contributed by atoms with E-state index in [1.807, 2.05) is 0 Å². The third-order valence-electron chi connectivity index (χ3n) is 3.20. The zero-order valence-corrected chi connectivity index (χ0v) is 17.2. The van der Waals surface area contributed by atoms with Crippen LogP contribution in [0.4, 0.5) is 5.69 Å². The Labute approximate surface area is 175 Å². The summed E-state index contributed by atoms with van der Waals surface area (Å²) in [5.74, 6) is 0.462. The number of nitrogens with one attached hydrogen (secondary N) is 1. The lowest BCUT2D eigenvalue weighted by Gasteiger charge is -2.15. The van der Waals surface area contributed by atoms with E-state index in [1.54, 1.807) is 18.2 Å². The first-order valence-corrected chi connectivity index (χ1v) is 8.85. The minimum atomic E-state index is -0.495. The molecule has 0 saturated heterocycles. The second-order valence-corrected chi connectivity index (χ2v) is 6.69.